The number of amides is 2. The van der Waals surface area contributed by atoms with Crippen LogP contribution in [0.15, 0.2) is 24.3 Å². The van der Waals surface area contributed by atoms with E-state index >= 15 is 0 Å². The summed E-state index contributed by atoms with van der Waals surface area (Å²) in [5, 5.41) is 22.4. The lowest BCUT2D eigenvalue weighted by atomic mass is 9.91. The monoisotopic (exact) mass is 618 g/mol. The van der Waals surface area contributed by atoms with E-state index < -0.39 is 11.9 Å². The normalized spacial score (nSPS) is 16.3. The Balaban J connectivity index is 0.000000260. The smallest absolute Gasteiger partial charge is 0.217 e. The van der Waals surface area contributed by atoms with Crippen molar-refractivity contribution in [3.63, 3.8) is 0 Å². The van der Waals surface area contributed by atoms with Gasteiger partial charge in [-0.2, -0.15) is 0 Å². The van der Waals surface area contributed by atoms with Gasteiger partial charge in [0.1, 0.15) is 12.1 Å². The molecule has 0 bridgehead atoms. The molecule has 2 unspecified atom stereocenters. The molecule has 0 radical (unpaired) electrons. The largest absolute Gasteiger partial charge is 0.543 e. The molecule has 2 amide bonds. The van der Waals surface area contributed by atoms with E-state index in [9.17, 15) is 9.59 Å². The van der Waals surface area contributed by atoms with Crippen molar-refractivity contribution in [2.45, 2.75) is 50.6 Å². The Morgan fingerprint density at radius 2 is 0.977 bits per heavy atom. The van der Waals surface area contributed by atoms with Gasteiger partial charge in [0.2, 0.25) is 11.8 Å². The molecule has 2 aliphatic rings. The zero-order chi connectivity index (χ0) is 32.8. The van der Waals surface area contributed by atoms with Gasteiger partial charge in [0.15, 0.2) is 23.0 Å². The van der Waals surface area contributed by atoms with Crippen molar-refractivity contribution >= 4 is 23.8 Å². The number of rotatable bonds is 10. The highest BCUT2D eigenvalue weighted by Crippen LogP contribution is 2.35. The maximum absolute atomic E-state index is 10.9. The number of hydrogen-bond donors (Lipinski definition) is 4. The van der Waals surface area contributed by atoms with Crippen LogP contribution in [0.5, 0.6) is 23.0 Å². The Hall–Kier alpha value is -4.56. The van der Waals surface area contributed by atoms with Crippen molar-refractivity contribution in [3.05, 3.63) is 46.5 Å². The zero-order valence-electron chi connectivity index (χ0n) is 25.5. The molecule has 2 aliphatic heterocycles. The predicted molar refractivity (Wildman–Crippen MR) is 152 cm³/mol. The highest BCUT2D eigenvalue weighted by molar-refractivity contribution is 6.25. The van der Waals surface area contributed by atoms with Gasteiger partial charge in [-0.1, -0.05) is 0 Å². The van der Waals surface area contributed by atoms with Crippen LogP contribution in [0.1, 0.15) is 60.0 Å². The SMILES string of the molecule is COc1cc2c(cc1OC)C(CCC(N)=O)[NH2+]CC2.COc1cc2c(cc1OC)C(CCC(N)=O)[NH2+]CC2.O=C([O-])C(=O)[O-]. The van der Waals surface area contributed by atoms with Gasteiger partial charge in [-0.3, -0.25) is 9.59 Å². The van der Waals surface area contributed by atoms with Gasteiger partial charge in [0, 0.05) is 49.7 Å². The second-order valence-corrected chi connectivity index (χ2v) is 10.2. The fourth-order valence-corrected chi connectivity index (χ4v) is 5.27. The first-order valence-electron chi connectivity index (χ1n) is 14.1. The number of quaternary nitrogens is 2. The van der Waals surface area contributed by atoms with Crippen molar-refractivity contribution in [2.75, 3.05) is 41.5 Å². The fraction of sp³-hybridized carbons (Fsp3) is 0.467. The Morgan fingerprint density at radius 1 is 0.659 bits per heavy atom. The van der Waals surface area contributed by atoms with Crippen molar-refractivity contribution in [1.29, 1.82) is 0 Å². The van der Waals surface area contributed by atoms with Gasteiger partial charge in [-0.15, -0.1) is 0 Å². The third-order valence-electron chi connectivity index (χ3n) is 7.39. The van der Waals surface area contributed by atoms with Crippen LogP contribution < -0.4 is 51.3 Å². The average molecular weight is 619 g/mol. The summed E-state index contributed by atoms with van der Waals surface area (Å²) in [4.78, 5) is 39.7. The summed E-state index contributed by atoms with van der Waals surface area (Å²) in [6.07, 6.45) is 4.35. The van der Waals surface area contributed by atoms with Crippen LogP contribution in [0.3, 0.4) is 0 Å². The molecule has 14 heteroatoms. The van der Waals surface area contributed by atoms with E-state index in [1.54, 1.807) is 28.4 Å². The van der Waals surface area contributed by atoms with Crippen LogP contribution >= 0.6 is 0 Å². The highest BCUT2D eigenvalue weighted by Gasteiger charge is 2.27. The summed E-state index contributed by atoms with van der Waals surface area (Å²) in [6, 6.07) is 8.68. The molecule has 0 saturated carbocycles. The molecular formula is C30H42N4O10. The van der Waals surface area contributed by atoms with Gasteiger partial charge in [0.05, 0.1) is 53.5 Å². The number of carboxylic acids is 2. The van der Waals surface area contributed by atoms with Crippen LogP contribution in [0, 0.1) is 0 Å². The van der Waals surface area contributed by atoms with Crippen molar-refractivity contribution in [2.24, 2.45) is 11.5 Å². The molecule has 8 N–H and O–H groups in total. The Morgan fingerprint density at radius 3 is 1.25 bits per heavy atom. The van der Waals surface area contributed by atoms with E-state index in [4.69, 9.17) is 50.2 Å². The van der Waals surface area contributed by atoms with Crippen LogP contribution in [0.4, 0.5) is 0 Å². The minimum Gasteiger partial charge on any atom is -0.543 e. The molecule has 14 nitrogen and oxygen atoms in total. The molecule has 2 aromatic carbocycles. The van der Waals surface area contributed by atoms with Crippen LogP contribution in [-0.2, 0) is 32.0 Å². The van der Waals surface area contributed by atoms with Crippen LogP contribution in [0.2, 0.25) is 0 Å². The lowest BCUT2D eigenvalue weighted by Gasteiger charge is -2.25. The number of carbonyl (C=O) groups is 4. The number of primary amides is 2. The molecule has 2 aromatic rings. The lowest BCUT2D eigenvalue weighted by molar-refractivity contribution is -0.699. The molecule has 242 valence electrons. The second kappa shape index (κ2) is 17.5. The maximum Gasteiger partial charge on any atom is 0.217 e. The number of aliphatic carboxylic acids is 2. The standard InChI is InChI=1S/2C14H20N2O3.C2H2O4/c2*1-18-12-7-9-5-6-16-11(3-4-14(15)17)10(9)8-13(12)19-2;3-1(4)2(5)6/h2*7-8,11,16H,3-6H2,1-2H3,(H2,15,17);(H,3,4)(H,5,6). The van der Waals surface area contributed by atoms with Crippen molar-refractivity contribution in [3.8, 4) is 23.0 Å². The first-order chi connectivity index (χ1) is 20.9. The molecule has 0 aliphatic carbocycles. The average Bonchev–Trinajstić information content (AvgIpc) is 3.01. The van der Waals surface area contributed by atoms with Gasteiger partial charge in [-0.25, -0.2) is 0 Å². The van der Waals surface area contributed by atoms with E-state index in [1.165, 1.54) is 22.3 Å². The third-order valence-corrected chi connectivity index (χ3v) is 7.39. The summed E-state index contributed by atoms with van der Waals surface area (Å²) < 4.78 is 21.3. The highest BCUT2D eigenvalue weighted by atomic mass is 16.5. The van der Waals surface area contributed by atoms with Gasteiger partial charge < -0.3 is 60.9 Å². The fourth-order valence-electron chi connectivity index (χ4n) is 5.27. The van der Waals surface area contributed by atoms with Crippen molar-refractivity contribution in [1.82, 2.24) is 0 Å². The second-order valence-electron chi connectivity index (χ2n) is 10.2. The quantitative estimate of drug-likeness (QED) is 0.194. The number of nitrogens with two attached hydrogens (primary N) is 4. The van der Waals surface area contributed by atoms with E-state index in [1.807, 2.05) is 24.3 Å². The Kier molecular flexibility index (Phi) is 14.2. The van der Waals surface area contributed by atoms with Crippen LogP contribution in [-0.4, -0.2) is 65.3 Å². The van der Waals surface area contributed by atoms with Crippen molar-refractivity contribution < 1.29 is 59.0 Å². The molecule has 0 saturated heterocycles. The molecule has 0 fully saturated rings. The van der Waals surface area contributed by atoms with E-state index in [0.717, 1.165) is 61.8 Å². The number of ether oxygens (including phenoxy) is 4. The number of benzene rings is 2. The molecule has 0 aromatic heterocycles. The molecule has 2 heterocycles. The number of methoxy groups -OCH3 is 4. The summed E-state index contributed by atoms with van der Waals surface area (Å²) >= 11 is 0. The number of fused-ring (bicyclic) bond motifs is 2. The summed E-state index contributed by atoms with van der Waals surface area (Å²) in [5.41, 5.74) is 15.5. The third kappa shape index (κ3) is 10.3. The van der Waals surface area contributed by atoms with Crippen LogP contribution in [0.25, 0.3) is 0 Å². The van der Waals surface area contributed by atoms with Gasteiger partial charge in [-0.05, 0) is 35.4 Å². The summed E-state index contributed by atoms with van der Waals surface area (Å²) in [6.45, 7) is 2.04. The number of carboxylic acid groups (broad SMARTS) is 2. The summed E-state index contributed by atoms with van der Waals surface area (Å²) in [7, 11) is 6.55. The lowest BCUT2D eigenvalue weighted by Crippen LogP contribution is -2.87. The molecular weight excluding hydrogens is 576 g/mol. The minimum atomic E-state index is -2.19. The van der Waals surface area contributed by atoms with E-state index in [-0.39, 0.29) is 23.9 Å². The minimum absolute atomic E-state index is 0.249. The first kappa shape index (κ1) is 35.6. The predicted octanol–water partition coefficient (Wildman–Crippen LogP) is -3.25. The number of hydrogen-bond acceptors (Lipinski definition) is 10. The molecule has 0 spiro atoms. The van der Waals surface area contributed by atoms with E-state index in [0.29, 0.717) is 12.8 Å². The molecule has 4 rings (SSSR count). The van der Waals surface area contributed by atoms with E-state index in [2.05, 4.69) is 10.6 Å². The zero-order valence-corrected chi connectivity index (χ0v) is 25.5. The van der Waals surface area contributed by atoms with Gasteiger partial charge >= 0.3 is 0 Å². The maximum atomic E-state index is 10.9. The topological polar surface area (TPSA) is 237 Å². The molecule has 2 atom stereocenters. The first-order valence-corrected chi connectivity index (χ1v) is 14.1. The number of carbonyl (C=O) groups excluding carboxylic acids is 4. The Labute approximate surface area is 256 Å². The van der Waals surface area contributed by atoms with Gasteiger partial charge in [0.25, 0.3) is 0 Å². The summed E-state index contributed by atoms with van der Waals surface area (Å²) in [5.74, 6) is -1.87. The molecule has 44 heavy (non-hydrogen) atoms. The Bertz CT molecular complexity index is 1220.